The number of non-ortho nitro benzene ring substituents is 1. The van der Waals surface area contributed by atoms with Crippen molar-refractivity contribution in [1.82, 2.24) is 0 Å². The summed E-state index contributed by atoms with van der Waals surface area (Å²) in [7, 11) is 0. The van der Waals surface area contributed by atoms with Crippen molar-refractivity contribution in [2.24, 2.45) is 0 Å². The van der Waals surface area contributed by atoms with Gasteiger partial charge in [0, 0.05) is 22.8 Å². The zero-order chi connectivity index (χ0) is 18.6. The van der Waals surface area contributed by atoms with Crippen LogP contribution in [0.1, 0.15) is 15.9 Å². The number of carbonyl (C=O) groups excluding carboxylic acids is 2. The van der Waals surface area contributed by atoms with E-state index in [0.29, 0.717) is 10.7 Å². The van der Waals surface area contributed by atoms with Gasteiger partial charge in [-0.05, 0) is 30.7 Å². The SMILES string of the molecule is Cc1ccc(NC(=O)COC(=O)c2cc([N+](=O)[O-])ccc2Cl)cc1Cl. The van der Waals surface area contributed by atoms with Gasteiger partial charge < -0.3 is 10.1 Å². The highest BCUT2D eigenvalue weighted by Crippen LogP contribution is 2.23. The molecule has 0 aromatic heterocycles. The lowest BCUT2D eigenvalue weighted by Gasteiger charge is -2.08. The van der Waals surface area contributed by atoms with Crippen molar-refractivity contribution < 1.29 is 19.2 Å². The van der Waals surface area contributed by atoms with E-state index in [9.17, 15) is 19.7 Å². The summed E-state index contributed by atoms with van der Waals surface area (Å²) in [6.45, 7) is 1.24. The highest BCUT2D eigenvalue weighted by molar-refractivity contribution is 6.33. The third kappa shape index (κ3) is 4.91. The van der Waals surface area contributed by atoms with Crippen LogP contribution in [-0.2, 0) is 9.53 Å². The average Bonchev–Trinajstić information content (AvgIpc) is 2.56. The van der Waals surface area contributed by atoms with Gasteiger partial charge in [-0.3, -0.25) is 14.9 Å². The molecule has 0 aliphatic carbocycles. The van der Waals surface area contributed by atoms with Crippen LogP contribution in [0, 0.1) is 17.0 Å². The Morgan fingerprint density at radius 1 is 1.16 bits per heavy atom. The van der Waals surface area contributed by atoms with E-state index in [-0.39, 0.29) is 16.3 Å². The first-order chi connectivity index (χ1) is 11.8. The maximum Gasteiger partial charge on any atom is 0.340 e. The zero-order valence-corrected chi connectivity index (χ0v) is 14.4. The molecule has 1 amide bonds. The van der Waals surface area contributed by atoms with Crippen molar-refractivity contribution in [3.05, 3.63) is 67.7 Å². The van der Waals surface area contributed by atoms with Crippen LogP contribution in [0.3, 0.4) is 0 Å². The average molecular weight is 383 g/mol. The van der Waals surface area contributed by atoms with Crippen LogP contribution in [0.4, 0.5) is 11.4 Å². The Morgan fingerprint density at radius 3 is 2.52 bits per heavy atom. The first kappa shape index (κ1) is 18.7. The Balaban J connectivity index is 1.99. The van der Waals surface area contributed by atoms with E-state index < -0.39 is 23.4 Å². The Hall–Kier alpha value is -2.64. The van der Waals surface area contributed by atoms with Crippen molar-refractivity contribution in [3.8, 4) is 0 Å². The van der Waals surface area contributed by atoms with E-state index in [2.05, 4.69) is 5.32 Å². The van der Waals surface area contributed by atoms with Gasteiger partial charge in [-0.1, -0.05) is 29.3 Å². The summed E-state index contributed by atoms with van der Waals surface area (Å²) >= 11 is 11.8. The number of hydrogen-bond donors (Lipinski definition) is 1. The van der Waals surface area contributed by atoms with E-state index in [0.717, 1.165) is 17.7 Å². The monoisotopic (exact) mass is 382 g/mol. The first-order valence-electron chi connectivity index (χ1n) is 6.95. The zero-order valence-electron chi connectivity index (χ0n) is 12.9. The molecule has 7 nitrogen and oxygen atoms in total. The number of esters is 1. The largest absolute Gasteiger partial charge is 0.452 e. The summed E-state index contributed by atoms with van der Waals surface area (Å²) in [5.41, 5.74) is 0.800. The number of amides is 1. The number of ether oxygens (including phenoxy) is 1. The number of halogens is 2. The number of nitro groups is 1. The molecule has 130 valence electrons. The van der Waals surface area contributed by atoms with Gasteiger partial charge in [0.1, 0.15) is 0 Å². The second kappa shape index (κ2) is 7.96. The summed E-state index contributed by atoms with van der Waals surface area (Å²) in [6, 6.07) is 8.30. The summed E-state index contributed by atoms with van der Waals surface area (Å²) < 4.78 is 4.84. The van der Waals surface area contributed by atoms with Crippen LogP contribution >= 0.6 is 23.2 Å². The minimum Gasteiger partial charge on any atom is -0.452 e. The number of benzene rings is 2. The second-order valence-corrected chi connectivity index (χ2v) is 5.82. The lowest BCUT2D eigenvalue weighted by atomic mass is 10.2. The standard InChI is InChI=1S/C16H12Cl2N2O5/c1-9-2-3-10(6-14(9)18)19-15(21)8-25-16(22)12-7-11(20(23)24)4-5-13(12)17/h2-7H,8H2,1H3,(H,19,21). The highest BCUT2D eigenvalue weighted by Gasteiger charge is 2.18. The Kier molecular flexibility index (Phi) is 5.95. The van der Waals surface area contributed by atoms with Crippen LogP contribution in [-0.4, -0.2) is 23.4 Å². The maximum absolute atomic E-state index is 12.0. The molecule has 0 heterocycles. The van der Waals surface area contributed by atoms with Crippen LogP contribution in [0.5, 0.6) is 0 Å². The molecule has 0 aliphatic heterocycles. The van der Waals surface area contributed by atoms with Crippen LogP contribution in [0.15, 0.2) is 36.4 Å². The smallest absolute Gasteiger partial charge is 0.340 e. The van der Waals surface area contributed by atoms with Gasteiger partial charge in [-0.2, -0.15) is 0 Å². The maximum atomic E-state index is 12.0. The van der Waals surface area contributed by atoms with Crippen LogP contribution in [0.2, 0.25) is 10.0 Å². The van der Waals surface area contributed by atoms with E-state index in [1.165, 1.54) is 6.07 Å². The molecule has 2 aromatic carbocycles. The third-order valence-electron chi connectivity index (χ3n) is 3.17. The normalized spacial score (nSPS) is 10.2. The lowest BCUT2D eigenvalue weighted by molar-refractivity contribution is -0.384. The lowest BCUT2D eigenvalue weighted by Crippen LogP contribution is -2.21. The van der Waals surface area contributed by atoms with Crippen molar-refractivity contribution in [2.45, 2.75) is 6.92 Å². The molecule has 0 saturated heterocycles. The quantitative estimate of drug-likeness (QED) is 0.478. The van der Waals surface area contributed by atoms with E-state index in [4.69, 9.17) is 27.9 Å². The summed E-state index contributed by atoms with van der Waals surface area (Å²) in [5, 5.41) is 13.7. The predicted octanol–water partition coefficient (Wildman–Crippen LogP) is 4.01. The van der Waals surface area contributed by atoms with Gasteiger partial charge in [-0.15, -0.1) is 0 Å². The predicted molar refractivity (Wildman–Crippen MR) is 93.2 cm³/mol. The third-order valence-corrected chi connectivity index (χ3v) is 3.91. The molecule has 0 radical (unpaired) electrons. The van der Waals surface area contributed by atoms with Gasteiger partial charge in [0.2, 0.25) is 0 Å². The van der Waals surface area contributed by atoms with E-state index >= 15 is 0 Å². The number of nitrogens with one attached hydrogen (secondary N) is 1. The van der Waals surface area contributed by atoms with Crippen molar-refractivity contribution in [2.75, 3.05) is 11.9 Å². The van der Waals surface area contributed by atoms with E-state index in [1.54, 1.807) is 18.2 Å². The number of rotatable bonds is 5. The number of anilines is 1. The number of hydrogen-bond acceptors (Lipinski definition) is 5. The Morgan fingerprint density at radius 2 is 1.88 bits per heavy atom. The molecule has 25 heavy (non-hydrogen) atoms. The summed E-state index contributed by atoms with van der Waals surface area (Å²) in [4.78, 5) is 33.9. The molecule has 0 bridgehead atoms. The molecule has 2 rings (SSSR count). The Labute approximate surface area is 152 Å². The molecular formula is C16H12Cl2N2O5. The van der Waals surface area contributed by atoms with Gasteiger partial charge in [0.05, 0.1) is 15.5 Å². The van der Waals surface area contributed by atoms with Gasteiger partial charge in [0.25, 0.3) is 11.6 Å². The molecule has 0 saturated carbocycles. The van der Waals surface area contributed by atoms with Gasteiger partial charge >= 0.3 is 5.97 Å². The summed E-state index contributed by atoms with van der Waals surface area (Å²) in [6.07, 6.45) is 0. The van der Waals surface area contributed by atoms with Crippen LogP contribution in [0.25, 0.3) is 0 Å². The van der Waals surface area contributed by atoms with Crippen molar-refractivity contribution in [3.63, 3.8) is 0 Å². The molecule has 9 heteroatoms. The number of aryl methyl sites for hydroxylation is 1. The molecule has 1 N–H and O–H groups in total. The number of nitrogens with zero attached hydrogens (tertiary/aromatic N) is 1. The summed E-state index contributed by atoms with van der Waals surface area (Å²) in [5.74, 6) is -1.53. The van der Waals surface area contributed by atoms with Crippen molar-refractivity contribution >= 4 is 46.5 Å². The topological polar surface area (TPSA) is 98.5 Å². The van der Waals surface area contributed by atoms with E-state index in [1.807, 2.05) is 6.92 Å². The fraction of sp³-hybridized carbons (Fsp3) is 0.125. The molecule has 0 unspecified atom stereocenters. The molecule has 2 aromatic rings. The minimum atomic E-state index is -0.939. The molecule has 0 spiro atoms. The second-order valence-electron chi connectivity index (χ2n) is 5.01. The fourth-order valence-corrected chi connectivity index (χ4v) is 2.24. The minimum absolute atomic E-state index is 0.0127. The molecule has 0 atom stereocenters. The number of nitro benzene ring substituents is 1. The first-order valence-corrected chi connectivity index (χ1v) is 7.70. The van der Waals surface area contributed by atoms with Crippen LogP contribution < -0.4 is 5.32 Å². The molecule has 0 aliphatic rings. The highest BCUT2D eigenvalue weighted by atomic mass is 35.5. The van der Waals surface area contributed by atoms with Gasteiger partial charge in [-0.25, -0.2) is 4.79 Å². The molecule has 0 fully saturated rings. The number of carbonyl (C=O) groups is 2. The van der Waals surface area contributed by atoms with Crippen molar-refractivity contribution in [1.29, 1.82) is 0 Å². The van der Waals surface area contributed by atoms with Gasteiger partial charge in [0.15, 0.2) is 6.61 Å². The Bertz CT molecular complexity index is 854. The fourth-order valence-electron chi connectivity index (χ4n) is 1.86. The molecular weight excluding hydrogens is 371 g/mol.